The first kappa shape index (κ1) is 21.6. The first-order valence-electron chi connectivity index (χ1n) is 13.7. The van der Waals surface area contributed by atoms with Crippen LogP contribution < -0.4 is 4.74 Å². The van der Waals surface area contributed by atoms with E-state index in [9.17, 15) is 0 Å². The molecule has 1 aliphatic heterocycles. The number of nitrogens with zero attached hydrogens (tertiary/aromatic N) is 2. The van der Waals surface area contributed by atoms with Gasteiger partial charge in [-0.25, -0.2) is 0 Å². The lowest BCUT2D eigenvalue weighted by Gasteiger charge is -2.22. The molecule has 0 aliphatic carbocycles. The molecule has 3 nitrogen and oxygen atoms in total. The second kappa shape index (κ2) is 8.11. The van der Waals surface area contributed by atoms with Gasteiger partial charge in [0, 0.05) is 51.5 Å². The van der Waals surface area contributed by atoms with Crippen LogP contribution in [0.4, 0.5) is 0 Å². The van der Waals surface area contributed by atoms with E-state index >= 15 is 0 Å². The number of ether oxygens (including phenoxy) is 1. The van der Waals surface area contributed by atoms with Crippen LogP contribution in [-0.2, 0) is 6.42 Å². The van der Waals surface area contributed by atoms with Gasteiger partial charge in [0.05, 0.1) is 22.1 Å². The van der Waals surface area contributed by atoms with Gasteiger partial charge in [-0.3, -0.25) is 0 Å². The predicted molar refractivity (Wildman–Crippen MR) is 164 cm³/mol. The molecule has 1 aliphatic rings. The molecule has 0 atom stereocenters. The van der Waals surface area contributed by atoms with E-state index < -0.39 is 0 Å². The molecule has 0 unspecified atom stereocenters. The summed E-state index contributed by atoms with van der Waals surface area (Å²) < 4.78 is 11.4. The molecule has 188 valence electrons. The molecule has 9 rings (SSSR count). The molecule has 40 heavy (non-hydrogen) atoms. The highest BCUT2D eigenvalue weighted by Gasteiger charge is 2.21. The van der Waals surface area contributed by atoms with E-state index in [-0.39, 0.29) is 0 Å². The van der Waals surface area contributed by atoms with Gasteiger partial charge in [0.1, 0.15) is 11.5 Å². The van der Waals surface area contributed by atoms with Crippen molar-refractivity contribution in [3.63, 3.8) is 0 Å². The lowest BCUT2D eigenvalue weighted by atomic mass is 9.99. The summed E-state index contributed by atoms with van der Waals surface area (Å²) in [7, 11) is 0. The van der Waals surface area contributed by atoms with Crippen molar-refractivity contribution < 1.29 is 4.74 Å². The number of hydrogen-bond donors (Lipinski definition) is 0. The van der Waals surface area contributed by atoms with Gasteiger partial charge in [0.15, 0.2) is 0 Å². The zero-order valence-corrected chi connectivity index (χ0v) is 21.7. The van der Waals surface area contributed by atoms with E-state index in [1.54, 1.807) is 0 Å². The molecule has 0 spiro atoms. The van der Waals surface area contributed by atoms with Crippen molar-refractivity contribution in [1.29, 1.82) is 0 Å². The average molecular weight is 513 g/mol. The minimum absolute atomic E-state index is 0.853. The number of aromatic nitrogens is 2. The van der Waals surface area contributed by atoms with Crippen LogP contribution in [0.2, 0.25) is 0 Å². The SMILES string of the molecule is c1ccc2c(c1)c1ccccc1n2-c1ccc2c(c1)Oc1cc(-n3c4ccccc4c4ccccc43)ccc1C2. The van der Waals surface area contributed by atoms with Crippen LogP contribution >= 0.6 is 0 Å². The van der Waals surface area contributed by atoms with Crippen molar-refractivity contribution in [2.75, 3.05) is 0 Å². The summed E-state index contributed by atoms with van der Waals surface area (Å²) in [6, 6.07) is 47.8. The number of hydrogen-bond acceptors (Lipinski definition) is 1. The number of rotatable bonds is 2. The maximum Gasteiger partial charge on any atom is 0.133 e. The lowest BCUT2D eigenvalue weighted by molar-refractivity contribution is 0.459. The molecular formula is C37H24N2O. The van der Waals surface area contributed by atoms with Gasteiger partial charge in [0.2, 0.25) is 0 Å². The third kappa shape index (κ3) is 3.00. The molecule has 0 N–H and O–H groups in total. The van der Waals surface area contributed by atoms with Crippen LogP contribution in [0.3, 0.4) is 0 Å². The Balaban J connectivity index is 1.18. The van der Waals surface area contributed by atoms with Crippen LogP contribution in [0.1, 0.15) is 11.1 Å². The van der Waals surface area contributed by atoms with Gasteiger partial charge < -0.3 is 13.9 Å². The Kier molecular flexibility index (Phi) is 4.39. The van der Waals surface area contributed by atoms with Crippen LogP contribution in [-0.4, -0.2) is 9.13 Å². The smallest absolute Gasteiger partial charge is 0.133 e. The number of fused-ring (bicyclic) bond motifs is 8. The maximum absolute atomic E-state index is 6.68. The Morgan fingerprint density at radius 3 is 1.12 bits per heavy atom. The van der Waals surface area contributed by atoms with E-state index in [1.807, 2.05) is 0 Å². The molecule has 0 saturated heterocycles. The molecule has 6 aromatic carbocycles. The van der Waals surface area contributed by atoms with E-state index in [1.165, 1.54) is 54.7 Å². The van der Waals surface area contributed by atoms with Gasteiger partial charge in [-0.2, -0.15) is 0 Å². The lowest BCUT2D eigenvalue weighted by Crippen LogP contribution is -2.05. The number of para-hydroxylation sites is 4. The first-order chi connectivity index (χ1) is 19.8. The van der Waals surface area contributed by atoms with Gasteiger partial charge >= 0.3 is 0 Å². The van der Waals surface area contributed by atoms with E-state index in [2.05, 4.69) is 143 Å². The minimum atomic E-state index is 0.853. The quantitative estimate of drug-likeness (QED) is 0.226. The zero-order valence-electron chi connectivity index (χ0n) is 21.7. The fourth-order valence-electron chi connectivity index (χ4n) is 6.57. The van der Waals surface area contributed by atoms with Crippen molar-refractivity contribution in [3.8, 4) is 22.9 Å². The highest BCUT2D eigenvalue weighted by Crippen LogP contribution is 2.41. The Bertz CT molecular complexity index is 2020. The topological polar surface area (TPSA) is 19.1 Å². The first-order valence-corrected chi connectivity index (χ1v) is 13.7. The van der Waals surface area contributed by atoms with Crippen LogP contribution in [0.15, 0.2) is 133 Å². The summed E-state index contributed by atoms with van der Waals surface area (Å²) in [5.74, 6) is 1.84. The fraction of sp³-hybridized carbons (Fsp3) is 0.0270. The molecule has 0 radical (unpaired) electrons. The van der Waals surface area contributed by atoms with Crippen molar-refractivity contribution in [2.24, 2.45) is 0 Å². The molecule has 0 amide bonds. The van der Waals surface area contributed by atoms with Crippen molar-refractivity contribution in [2.45, 2.75) is 6.42 Å². The monoisotopic (exact) mass is 512 g/mol. The van der Waals surface area contributed by atoms with Crippen molar-refractivity contribution in [1.82, 2.24) is 9.13 Å². The molecule has 2 aromatic heterocycles. The van der Waals surface area contributed by atoms with E-state index in [0.717, 1.165) is 29.3 Å². The van der Waals surface area contributed by atoms with Gasteiger partial charge in [-0.05, 0) is 47.5 Å². The third-order valence-electron chi connectivity index (χ3n) is 8.38. The van der Waals surface area contributed by atoms with Crippen molar-refractivity contribution >= 4 is 43.6 Å². The molecule has 0 bridgehead atoms. The van der Waals surface area contributed by atoms with E-state index in [0.29, 0.717) is 0 Å². The van der Waals surface area contributed by atoms with E-state index in [4.69, 9.17) is 4.74 Å². The summed E-state index contributed by atoms with van der Waals surface area (Å²) in [6.45, 7) is 0. The summed E-state index contributed by atoms with van der Waals surface area (Å²) in [6.07, 6.45) is 0.853. The van der Waals surface area contributed by atoms with Crippen molar-refractivity contribution in [3.05, 3.63) is 145 Å². The summed E-state index contributed by atoms with van der Waals surface area (Å²) in [5.41, 5.74) is 9.45. The molecule has 3 heterocycles. The zero-order chi connectivity index (χ0) is 26.2. The van der Waals surface area contributed by atoms with Crippen LogP contribution in [0, 0.1) is 0 Å². The Morgan fingerprint density at radius 2 is 0.750 bits per heavy atom. The Labute approximate surface area is 231 Å². The summed E-state index contributed by atoms with van der Waals surface area (Å²) >= 11 is 0. The second-order valence-corrected chi connectivity index (χ2v) is 10.6. The highest BCUT2D eigenvalue weighted by atomic mass is 16.5. The molecule has 0 fully saturated rings. The largest absolute Gasteiger partial charge is 0.457 e. The highest BCUT2D eigenvalue weighted by molar-refractivity contribution is 6.10. The normalized spacial score (nSPS) is 12.6. The van der Waals surface area contributed by atoms with Gasteiger partial charge in [0.25, 0.3) is 0 Å². The molecule has 3 heteroatoms. The maximum atomic E-state index is 6.68. The minimum Gasteiger partial charge on any atom is -0.457 e. The van der Waals surface area contributed by atoms with Gasteiger partial charge in [-0.15, -0.1) is 0 Å². The fourth-order valence-corrected chi connectivity index (χ4v) is 6.57. The molecule has 0 saturated carbocycles. The standard InChI is InChI=1S/C37H24N2O/c1-5-13-32-28(9-1)29-10-2-6-14-33(29)38(32)26-19-17-24-21-25-18-20-27(23-37(25)40-36(24)22-26)39-34-15-7-3-11-30(34)31-12-4-8-16-35(31)39/h1-20,22-23H,21H2. The van der Waals surface area contributed by atoms with Crippen LogP contribution in [0.25, 0.3) is 55.0 Å². The Morgan fingerprint density at radius 1 is 0.400 bits per heavy atom. The average Bonchev–Trinajstić information content (AvgIpc) is 3.53. The third-order valence-corrected chi connectivity index (χ3v) is 8.38. The molecule has 8 aromatic rings. The summed E-state index contributed by atoms with van der Waals surface area (Å²) in [4.78, 5) is 0. The molecular weight excluding hydrogens is 488 g/mol. The predicted octanol–water partition coefficient (Wildman–Crippen LogP) is 9.58. The van der Waals surface area contributed by atoms with Crippen LogP contribution in [0.5, 0.6) is 11.5 Å². The number of benzene rings is 6. The second-order valence-electron chi connectivity index (χ2n) is 10.6. The summed E-state index contributed by atoms with van der Waals surface area (Å²) in [5, 5.41) is 5.05. The Hall–Kier alpha value is -5.28. The van der Waals surface area contributed by atoms with Gasteiger partial charge in [-0.1, -0.05) is 84.9 Å².